The van der Waals surface area contributed by atoms with Gasteiger partial charge in [0.2, 0.25) is 0 Å². The van der Waals surface area contributed by atoms with Crippen molar-refractivity contribution in [2.24, 2.45) is 0 Å². The van der Waals surface area contributed by atoms with Gasteiger partial charge in [0.25, 0.3) is 0 Å². The highest BCUT2D eigenvalue weighted by molar-refractivity contribution is 7.73. The van der Waals surface area contributed by atoms with Crippen LogP contribution < -0.4 is 16.1 Å². The Bertz CT molecular complexity index is 774. The highest BCUT2D eigenvalue weighted by atomic mass is 31.1. The van der Waals surface area contributed by atoms with Gasteiger partial charge in [-0.25, -0.2) is 0 Å². The quantitative estimate of drug-likeness (QED) is 0.522. The summed E-state index contributed by atoms with van der Waals surface area (Å²) in [5.41, 5.74) is 1.08. The van der Waals surface area contributed by atoms with Crippen molar-refractivity contribution in [2.75, 3.05) is 0 Å². The van der Waals surface area contributed by atoms with Gasteiger partial charge in [-0.3, -0.25) is 0 Å². The second-order valence-electron chi connectivity index (χ2n) is 6.56. The second-order valence-corrected chi connectivity index (χ2v) is 8.91. The zero-order chi connectivity index (χ0) is 17.8. The van der Waals surface area contributed by atoms with E-state index in [4.69, 9.17) is 9.31 Å². The number of hydrogen-bond donors (Lipinski definition) is 0. The van der Waals surface area contributed by atoms with E-state index in [-0.39, 0.29) is 19.1 Å². The van der Waals surface area contributed by atoms with Crippen LogP contribution >= 0.6 is 7.92 Å². The third-order valence-corrected chi connectivity index (χ3v) is 7.22. The maximum absolute atomic E-state index is 6.52. The molecule has 26 heavy (non-hydrogen) atoms. The molecule has 0 amide bonds. The first-order valence-electron chi connectivity index (χ1n) is 9.06. The minimum absolute atomic E-state index is 0.128. The van der Waals surface area contributed by atoms with Crippen molar-refractivity contribution in [3.63, 3.8) is 0 Å². The van der Waals surface area contributed by atoms with Crippen LogP contribution in [0.3, 0.4) is 0 Å². The molecule has 1 aliphatic heterocycles. The topological polar surface area (TPSA) is 18.5 Å². The molecule has 0 aromatic heterocycles. The Balaban J connectivity index is 1.69. The van der Waals surface area contributed by atoms with Crippen molar-refractivity contribution >= 4 is 31.1 Å². The largest absolute Gasteiger partial charge is 0.494 e. The number of rotatable bonds is 4. The van der Waals surface area contributed by atoms with Gasteiger partial charge < -0.3 is 9.31 Å². The van der Waals surface area contributed by atoms with E-state index in [0.29, 0.717) is 0 Å². The first-order valence-corrected chi connectivity index (χ1v) is 10.5. The Hall–Kier alpha value is -1.93. The normalized spacial score (nSPS) is 20.3. The average Bonchev–Trinajstić information content (AvgIpc) is 2.70. The highest BCUT2D eigenvalue weighted by Gasteiger charge is 2.38. The molecular weight excluding hydrogens is 338 g/mol. The third-order valence-electron chi connectivity index (χ3n) is 4.60. The van der Waals surface area contributed by atoms with E-state index < -0.39 is 7.92 Å². The van der Waals surface area contributed by atoms with Gasteiger partial charge in [-0.05, 0) is 30.9 Å². The van der Waals surface area contributed by atoms with Crippen molar-refractivity contribution in [1.29, 1.82) is 0 Å². The van der Waals surface area contributed by atoms with Crippen LogP contribution in [-0.2, 0) is 9.31 Å². The zero-order valence-corrected chi connectivity index (χ0v) is 15.8. The molecule has 1 heterocycles. The maximum Gasteiger partial charge on any atom is 0.494 e. The van der Waals surface area contributed by atoms with Crippen LogP contribution in [0, 0.1) is 0 Å². The molecule has 0 radical (unpaired) electrons. The lowest BCUT2D eigenvalue weighted by Crippen LogP contribution is -2.48. The van der Waals surface area contributed by atoms with Crippen LogP contribution in [0.2, 0.25) is 0 Å². The molecule has 4 rings (SSSR count). The van der Waals surface area contributed by atoms with Gasteiger partial charge in [-0.2, -0.15) is 0 Å². The molecule has 4 heteroatoms. The lowest BCUT2D eigenvalue weighted by molar-refractivity contribution is 0.0692. The SMILES string of the molecule is C[C@@H]1C[C@H](P(c2ccccc2)c2ccccc2)OB(c2ccccc2)O1. The van der Waals surface area contributed by atoms with Gasteiger partial charge in [-0.1, -0.05) is 91.0 Å². The van der Waals surface area contributed by atoms with Gasteiger partial charge in [0.05, 0.1) is 5.85 Å². The van der Waals surface area contributed by atoms with Crippen LogP contribution in [0.4, 0.5) is 0 Å². The van der Waals surface area contributed by atoms with Gasteiger partial charge in [0.1, 0.15) is 0 Å². The molecule has 1 fully saturated rings. The van der Waals surface area contributed by atoms with Crippen LogP contribution in [0.1, 0.15) is 13.3 Å². The minimum Gasteiger partial charge on any atom is -0.405 e. The average molecular weight is 360 g/mol. The van der Waals surface area contributed by atoms with Gasteiger partial charge in [0.15, 0.2) is 0 Å². The molecule has 0 spiro atoms. The van der Waals surface area contributed by atoms with Crippen molar-refractivity contribution in [2.45, 2.75) is 25.3 Å². The molecule has 1 aliphatic rings. The molecular formula is C22H22BO2P. The minimum atomic E-state index is -0.615. The summed E-state index contributed by atoms with van der Waals surface area (Å²) < 4.78 is 12.6. The van der Waals surface area contributed by atoms with E-state index in [1.165, 1.54) is 10.6 Å². The second kappa shape index (κ2) is 8.18. The third kappa shape index (κ3) is 3.91. The molecule has 2 atom stereocenters. The van der Waals surface area contributed by atoms with E-state index in [9.17, 15) is 0 Å². The van der Waals surface area contributed by atoms with E-state index in [1.54, 1.807) is 0 Å². The monoisotopic (exact) mass is 360 g/mol. The van der Waals surface area contributed by atoms with Crippen LogP contribution in [-0.4, -0.2) is 19.1 Å². The Kier molecular flexibility index (Phi) is 5.50. The van der Waals surface area contributed by atoms with Crippen molar-refractivity contribution < 1.29 is 9.31 Å². The van der Waals surface area contributed by atoms with Crippen molar-refractivity contribution in [1.82, 2.24) is 0 Å². The number of hydrogen-bond acceptors (Lipinski definition) is 2. The zero-order valence-electron chi connectivity index (χ0n) is 14.9. The Morgan fingerprint density at radius 2 is 1.23 bits per heavy atom. The van der Waals surface area contributed by atoms with Gasteiger partial charge >= 0.3 is 7.12 Å². The lowest BCUT2D eigenvalue weighted by atomic mass is 9.77. The summed E-state index contributed by atoms with van der Waals surface area (Å²) in [7, 11) is -0.918. The first kappa shape index (κ1) is 17.5. The van der Waals surface area contributed by atoms with Gasteiger partial charge in [0, 0.05) is 12.5 Å². The highest BCUT2D eigenvalue weighted by Crippen LogP contribution is 2.44. The van der Waals surface area contributed by atoms with Crippen molar-refractivity contribution in [3.05, 3.63) is 91.0 Å². The molecule has 0 N–H and O–H groups in total. The van der Waals surface area contributed by atoms with Crippen molar-refractivity contribution in [3.8, 4) is 0 Å². The predicted octanol–water partition coefficient (Wildman–Crippen LogP) is 3.67. The number of benzene rings is 3. The smallest absolute Gasteiger partial charge is 0.405 e. The molecule has 130 valence electrons. The molecule has 2 nitrogen and oxygen atoms in total. The summed E-state index contributed by atoms with van der Waals surface area (Å²) >= 11 is 0. The predicted molar refractivity (Wildman–Crippen MR) is 111 cm³/mol. The van der Waals surface area contributed by atoms with E-state index in [0.717, 1.165) is 11.9 Å². The molecule has 0 saturated carbocycles. The Morgan fingerprint density at radius 3 is 1.77 bits per heavy atom. The summed E-state index contributed by atoms with van der Waals surface area (Å²) in [5, 5.41) is 2.69. The van der Waals surface area contributed by atoms with E-state index >= 15 is 0 Å². The molecule has 3 aromatic carbocycles. The van der Waals surface area contributed by atoms with Gasteiger partial charge in [-0.15, -0.1) is 0 Å². The summed E-state index contributed by atoms with van der Waals surface area (Å²) in [6.45, 7) is 2.15. The van der Waals surface area contributed by atoms with E-state index in [1.807, 2.05) is 18.2 Å². The standard InChI is InChI=1S/C22H22BO2P/c1-18-17-22(25-23(24-18)19-11-5-2-6-12-19)26(20-13-7-3-8-14-20)21-15-9-4-10-16-21/h2-16,18,22H,17H2,1H3/t18-,22+/m1/s1. The molecule has 0 unspecified atom stereocenters. The molecule has 3 aromatic rings. The van der Waals surface area contributed by atoms with Crippen LogP contribution in [0.25, 0.3) is 0 Å². The summed E-state index contributed by atoms with van der Waals surface area (Å²) in [6.07, 6.45) is 1.06. The summed E-state index contributed by atoms with van der Waals surface area (Å²) in [4.78, 5) is 0. The fraction of sp³-hybridized carbons (Fsp3) is 0.182. The van der Waals surface area contributed by atoms with Crippen LogP contribution in [0.15, 0.2) is 91.0 Å². The Morgan fingerprint density at radius 1 is 0.731 bits per heavy atom. The summed E-state index contributed by atoms with van der Waals surface area (Å²) in [5.74, 6) is 0.128. The lowest BCUT2D eigenvalue weighted by Gasteiger charge is -2.37. The Labute approximate surface area is 157 Å². The summed E-state index contributed by atoms with van der Waals surface area (Å²) in [6, 6.07) is 31.7. The maximum atomic E-state index is 6.52. The first-order chi connectivity index (χ1) is 12.8. The van der Waals surface area contributed by atoms with E-state index in [2.05, 4.69) is 79.7 Å². The fourth-order valence-corrected chi connectivity index (χ4v) is 6.06. The fourth-order valence-electron chi connectivity index (χ4n) is 3.37. The van der Waals surface area contributed by atoms with Crippen LogP contribution in [0.5, 0.6) is 0 Å². The molecule has 1 saturated heterocycles. The molecule has 0 bridgehead atoms. The molecule has 0 aliphatic carbocycles.